The van der Waals surface area contributed by atoms with Crippen molar-refractivity contribution in [1.29, 1.82) is 0 Å². The number of nitrogens with zero attached hydrogens (tertiary/aromatic N) is 2. The van der Waals surface area contributed by atoms with E-state index >= 15 is 0 Å². The Kier molecular flexibility index (Phi) is 3.82. The summed E-state index contributed by atoms with van der Waals surface area (Å²) in [6.07, 6.45) is 3.77. The minimum atomic E-state index is 0.356. The van der Waals surface area contributed by atoms with E-state index in [2.05, 4.69) is 45.0 Å². The second-order valence-electron chi connectivity index (χ2n) is 5.66. The van der Waals surface area contributed by atoms with Gasteiger partial charge in [-0.2, -0.15) is 0 Å². The molecule has 0 fully saturated rings. The lowest BCUT2D eigenvalue weighted by atomic mass is 10.1. The fourth-order valence-electron chi connectivity index (χ4n) is 2.98. The Morgan fingerprint density at radius 3 is 3.23 bits per heavy atom. The normalized spacial score (nSPS) is 15.7. The summed E-state index contributed by atoms with van der Waals surface area (Å²) in [5.41, 5.74) is 1.44. The highest BCUT2D eigenvalue weighted by Crippen LogP contribution is 2.35. The van der Waals surface area contributed by atoms with Crippen molar-refractivity contribution in [3.05, 3.63) is 39.2 Å². The van der Waals surface area contributed by atoms with Crippen LogP contribution >= 0.6 is 22.7 Å². The van der Waals surface area contributed by atoms with Gasteiger partial charge in [-0.25, -0.2) is 9.97 Å². The average Bonchev–Trinajstić information content (AvgIpc) is 3.14. The van der Waals surface area contributed by atoms with Gasteiger partial charge in [0.2, 0.25) is 0 Å². The van der Waals surface area contributed by atoms with Gasteiger partial charge in [-0.3, -0.25) is 0 Å². The fraction of sp³-hybridized carbons (Fsp3) is 0.375. The summed E-state index contributed by atoms with van der Waals surface area (Å²) in [6.45, 7) is 4.21. The van der Waals surface area contributed by atoms with Crippen LogP contribution in [0, 0.1) is 0 Å². The van der Waals surface area contributed by atoms with Crippen LogP contribution in [0.5, 0.6) is 0 Å². The molecule has 2 N–H and O–H groups in total. The van der Waals surface area contributed by atoms with Crippen LogP contribution in [-0.4, -0.2) is 22.6 Å². The lowest BCUT2D eigenvalue weighted by Crippen LogP contribution is -2.22. The maximum atomic E-state index is 4.52. The first-order chi connectivity index (χ1) is 10.8. The van der Waals surface area contributed by atoms with Gasteiger partial charge in [0, 0.05) is 28.8 Å². The molecule has 1 unspecified atom stereocenters. The van der Waals surface area contributed by atoms with Gasteiger partial charge in [-0.05, 0) is 36.9 Å². The van der Waals surface area contributed by atoms with Crippen molar-refractivity contribution in [2.24, 2.45) is 0 Å². The van der Waals surface area contributed by atoms with Crippen LogP contribution in [0.2, 0.25) is 0 Å². The number of hydrogen-bond acceptors (Lipinski definition) is 6. The molecule has 114 valence electrons. The number of rotatable bonds is 4. The molecule has 0 aromatic carbocycles. The molecule has 0 radical (unpaired) electrons. The summed E-state index contributed by atoms with van der Waals surface area (Å²) < 4.78 is 0. The van der Waals surface area contributed by atoms with Gasteiger partial charge < -0.3 is 10.6 Å². The highest BCUT2D eigenvalue weighted by atomic mass is 32.1. The smallest absolute Gasteiger partial charge is 0.138 e. The van der Waals surface area contributed by atoms with Crippen LogP contribution in [0.1, 0.15) is 22.2 Å². The van der Waals surface area contributed by atoms with Crippen LogP contribution in [0.15, 0.2) is 23.8 Å². The Labute approximate surface area is 137 Å². The first kappa shape index (κ1) is 14.1. The molecular formula is C16H18N4S2. The predicted molar refractivity (Wildman–Crippen MR) is 93.9 cm³/mol. The molecule has 4 nitrogen and oxygen atoms in total. The van der Waals surface area contributed by atoms with Crippen molar-refractivity contribution in [2.45, 2.75) is 32.4 Å². The van der Waals surface area contributed by atoms with E-state index in [9.17, 15) is 0 Å². The molecule has 4 heterocycles. The molecule has 1 aliphatic heterocycles. The zero-order valence-corrected chi connectivity index (χ0v) is 14.1. The van der Waals surface area contributed by atoms with Crippen LogP contribution in [0.3, 0.4) is 0 Å². The molecule has 4 rings (SSSR count). The van der Waals surface area contributed by atoms with Gasteiger partial charge in [-0.1, -0.05) is 6.07 Å². The topological polar surface area (TPSA) is 49.8 Å². The van der Waals surface area contributed by atoms with E-state index in [1.54, 1.807) is 17.7 Å². The maximum Gasteiger partial charge on any atom is 0.138 e. The quantitative estimate of drug-likeness (QED) is 0.769. The third kappa shape index (κ3) is 2.62. The molecule has 1 atom stereocenters. The second kappa shape index (κ2) is 5.95. The van der Waals surface area contributed by atoms with Gasteiger partial charge >= 0.3 is 0 Å². The van der Waals surface area contributed by atoms with Crippen molar-refractivity contribution in [1.82, 2.24) is 15.3 Å². The van der Waals surface area contributed by atoms with Gasteiger partial charge in [-0.15, -0.1) is 22.7 Å². The van der Waals surface area contributed by atoms with Crippen molar-refractivity contribution in [2.75, 3.05) is 11.9 Å². The lowest BCUT2D eigenvalue weighted by molar-refractivity contribution is 0.657. The first-order valence-corrected chi connectivity index (χ1v) is 9.26. The van der Waals surface area contributed by atoms with Gasteiger partial charge in [0.25, 0.3) is 0 Å². The molecule has 0 spiro atoms. The first-order valence-electron chi connectivity index (χ1n) is 7.56. The molecule has 0 saturated carbocycles. The summed E-state index contributed by atoms with van der Waals surface area (Å²) in [4.78, 5) is 12.9. The summed E-state index contributed by atoms with van der Waals surface area (Å²) in [6, 6.07) is 4.66. The summed E-state index contributed by atoms with van der Waals surface area (Å²) >= 11 is 3.61. The minimum absolute atomic E-state index is 0.356. The second-order valence-corrected chi connectivity index (χ2v) is 7.78. The van der Waals surface area contributed by atoms with E-state index in [1.807, 2.05) is 11.3 Å². The molecule has 22 heavy (non-hydrogen) atoms. The number of anilines is 1. The SMILES string of the molecule is CC(Cc1cccs1)Nc1ncnc2sc3c(c12)CCNC3. The number of thiophene rings is 2. The Morgan fingerprint density at radius 1 is 1.41 bits per heavy atom. The molecule has 0 amide bonds. The predicted octanol–water partition coefficient (Wildman–Crippen LogP) is 3.44. The van der Waals surface area contributed by atoms with Crippen LogP contribution < -0.4 is 10.6 Å². The summed E-state index contributed by atoms with van der Waals surface area (Å²) in [5.74, 6) is 0.994. The van der Waals surface area contributed by atoms with E-state index in [0.717, 1.165) is 36.6 Å². The molecule has 0 saturated heterocycles. The molecule has 0 bridgehead atoms. The summed E-state index contributed by atoms with van der Waals surface area (Å²) in [5, 5.41) is 10.4. The van der Waals surface area contributed by atoms with Gasteiger partial charge in [0.15, 0.2) is 0 Å². The minimum Gasteiger partial charge on any atom is -0.367 e. The Morgan fingerprint density at radius 2 is 2.36 bits per heavy atom. The Balaban J connectivity index is 1.65. The van der Waals surface area contributed by atoms with Crippen molar-refractivity contribution < 1.29 is 0 Å². The summed E-state index contributed by atoms with van der Waals surface area (Å²) in [7, 11) is 0. The Hall–Kier alpha value is -1.50. The van der Waals surface area contributed by atoms with E-state index in [1.165, 1.54) is 20.7 Å². The van der Waals surface area contributed by atoms with E-state index in [0.29, 0.717) is 6.04 Å². The fourth-order valence-corrected chi connectivity index (χ4v) is 4.98. The highest BCUT2D eigenvalue weighted by Gasteiger charge is 2.20. The zero-order chi connectivity index (χ0) is 14.9. The van der Waals surface area contributed by atoms with Gasteiger partial charge in [0.1, 0.15) is 17.0 Å². The standard InChI is InChI=1S/C16H18N4S2/c1-10(7-11-3-2-6-21-11)20-15-14-12-4-5-17-8-13(12)22-16(14)19-9-18-15/h2-3,6,9-10,17H,4-5,7-8H2,1H3,(H,18,19,20). The van der Waals surface area contributed by atoms with Crippen molar-refractivity contribution >= 4 is 38.7 Å². The number of aromatic nitrogens is 2. The highest BCUT2D eigenvalue weighted by molar-refractivity contribution is 7.19. The molecule has 3 aromatic heterocycles. The van der Waals surface area contributed by atoms with Crippen molar-refractivity contribution in [3.63, 3.8) is 0 Å². The van der Waals surface area contributed by atoms with Gasteiger partial charge in [0.05, 0.1) is 5.39 Å². The average molecular weight is 330 g/mol. The number of hydrogen-bond donors (Lipinski definition) is 2. The van der Waals surface area contributed by atoms with Crippen LogP contribution in [0.4, 0.5) is 5.82 Å². The molecule has 3 aromatic rings. The van der Waals surface area contributed by atoms with Crippen LogP contribution in [0.25, 0.3) is 10.2 Å². The monoisotopic (exact) mass is 330 g/mol. The number of nitrogens with one attached hydrogen (secondary N) is 2. The Bertz CT molecular complexity index is 779. The molecule has 1 aliphatic rings. The van der Waals surface area contributed by atoms with Crippen LogP contribution in [-0.2, 0) is 19.4 Å². The largest absolute Gasteiger partial charge is 0.367 e. The molecule has 0 aliphatic carbocycles. The molecule has 6 heteroatoms. The molecular weight excluding hydrogens is 312 g/mol. The third-order valence-corrected chi connectivity index (χ3v) is 6.02. The number of fused-ring (bicyclic) bond motifs is 3. The van der Waals surface area contributed by atoms with E-state index in [4.69, 9.17) is 0 Å². The lowest BCUT2D eigenvalue weighted by Gasteiger charge is -2.16. The van der Waals surface area contributed by atoms with E-state index < -0.39 is 0 Å². The van der Waals surface area contributed by atoms with Crippen molar-refractivity contribution in [3.8, 4) is 0 Å². The maximum absolute atomic E-state index is 4.52. The zero-order valence-electron chi connectivity index (χ0n) is 12.4. The third-order valence-electron chi connectivity index (χ3n) is 3.98. The van der Waals surface area contributed by atoms with E-state index in [-0.39, 0.29) is 0 Å².